The Morgan fingerprint density at radius 2 is 1.69 bits per heavy atom. The van der Waals surface area contributed by atoms with Gasteiger partial charge in [-0.15, -0.1) is 0 Å². The maximum Gasteiger partial charge on any atom is 0.511 e. The number of nitrogens with zero attached hydrogens (tertiary/aromatic N) is 3. The summed E-state index contributed by atoms with van der Waals surface area (Å²) in [6.07, 6.45) is 4.04. The highest BCUT2D eigenvalue weighted by Crippen LogP contribution is 2.29. The van der Waals surface area contributed by atoms with E-state index in [4.69, 9.17) is 0 Å². The number of alkyl halides is 3. The Morgan fingerprint density at radius 3 is 2.21 bits per heavy atom. The van der Waals surface area contributed by atoms with Crippen LogP contribution in [0.5, 0.6) is 0 Å². The Bertz CT molecular complexity index is 626. The predicted octanol–water partition coefficient (Wildman–Crippen LogP) is 1.98. The average Bonchev–Trinajstić information content (AvgIpc) is 2.67. The number of guanidine groups is 1. The number of halogens is 3. The largest absolute Gasteiger partial charge is 0.511 e. The second-order valence-electron chi connectivity index (χ2n) is 7.77. The van der Waals surface area contributed by atoms with Gasteiger partial charge in [0.2, 0.25) is 0 Å². The number of hydrogen-bond acceptors (Lipinski definition) is 4. The maximum atomic E-state index is 12.7. The fourth-order valence-electron chi connectivity index (χ4n) is 3.83. The molecular formula is C18H34F3N5O2S. The summed E-state index contributed by atoms with van der Waals surface area (Å²) in [5, 5.41) is 6.44. The van der Waals surface area contributed by atoms with Gasteiger partial charge in [0, 0.05) is 32.2 Å². The second kappa shape index (κ2) is 10.8. The average molecular weight is 442 g/mol. The van der Waals surface area contributed by atoms with Crippen LogP contribution in [0.15, 0.2) is 4.99 Å². The SMILES string of the molecule is CCCN1CCC(CN=C(NCC)NC2CCN(S(=O)(=O)C(F)(F)F)CC2)CC1. The molecule has 0 bridgehead atoms. The Hall–Kier alpha value is -1.07. The van der Waals surface area contributed by atoms with Crippen molar-refractivity contribution in [2.45, 2.75) is 57.5 Å². The van der Waals surface area contributed by atoms with Crippen molar-refractivity contribution in [2.75, 3.05) is 45.8 Å². The van der Waals surface area contributed by atoms with Crippen molar-refractivity contribution in [3.63, 3.8) is 0 Å². The first-order valence-corrected chi connectivity index (χ1v) is 11.9. The first-order valence-electron chi connectivity index (χ1n) is 10.5. The molecule has 2 saturated heterocycles. The Labute approximate surface area is 172 Å². The molecule has 0 aromatic carbocycles. The molecule has 2 aliphatic rings. The number of hydrogen-bond donors (Lipinski definition) is 2. The first-order chi connectivity index (χ1) is 13.7. The minimum absolute atomic E-state index is 0.0983. The van der Waals surface area contributed by atoms with Crippen molar-refractivity contribution in [1.82, 2.24) is 19.8 Å². The summed E-state index contributed by atoms with van der Waals surface area (Å²) in [6, 6.07) is -0.0983. The topological polar surface area (TPSA) is 77.0 Å². The summed E-state index contributed by atoms with van der Waals surface area (Å²) in [5.41, 5.74) is -5.24. The normalized spacial score (nSPS) is 22.0. The molecule has 2 fully saturated rings. The minimum Gasteiger partial charge on any atom is -0.357 e. The number of aliphatic imine (C=N–C) groups is 1. The van der Waals surface area contributed by atoms with Crippen LogP contribution in [0.25, 0.3) is 0 Å². The van der Waals surface area contributed by atoms with E-state index < -0.39 is 15.5 Å². The standard InChI is InChI=1S/C18H34F3N5O2S/c1-3-9-25-10-5-15(6-11-25)14-23-17(22-4-2)24-16-7-12-26(13-8-16)29(27,28)18(19,20)21/h15-16H,3-14H2,1-2H3,(H2,22,23,24). The van der Waals surface area contributed by atoms with Crippen molar-refractivity contribution in [2.24, 2.45) is 10.9 Å². The van der Waals surface area contributed by atoms with Gasteiger partial charge in [0.15, 0.2) is 5.96 Å². The van der Waals surface area contributed by atoms with Gasteiger partial charge in [-0.25, -0.2) is 8.42 Å². The predicted molar refractivity (Wildman–Crippen MR) is 108 cm³/mol. The van der Waals surface area contributed by atoms with Crippen molar-refractivity contribution in [1.29, 1.82) is 0 Å². The van der Waals surface area contributed by atoms with Gasteiger partial charge in [0.05, 0.1) is 0 Å². The maximum absolute atomic E-state index is 12.7. The van der Waals surface area contributed by atoms with Crippen LogP contribution < -0.4 is 10.6 Å². The molecule has 0 saturated carbocycles. The van der Waals surface area contributed by atoms with E-state index in [1.54, 1.807) is 0 Å². The summed E-state index contributed by atoms with van der Waals surface area (Å²) >= 11 is 0. The first kappa shape index (κ1) is 24.2. The zero-order chi connectivity index (χ0) is 21.5. The van der Waals surface area contributed by atoms with Gasteiger partial charge in [-0.3, -0.25) is 4.99 Å². The van der Waals surface area contributed by atoms with Gasteiger partial charge in [0.25, 0.3) is 0 Å². The molecule has 2 heterocycles. The Kier molecular flexibility index (Phi) is 9.02. The van der Waals surface area contributed by atoms with E-state index in [9.17, 15) is 21.6 Å². The number of rotatable bonds is 7. The Balaban J connectivity index is 1.83. The highest BCUT2D eigenvalue weighted by molar-refractivity contribution is 7.90. The fraction of sp³-hybridized carbons (Fsp3) is 0.944. The van der Waals surface area contributed by atoms with Crippen molar-refractivity contribution in [3.8, 4) is 0 Å². The van der Waals surface area contributed by atoms with Crippen LogP contribution in [0.4, 0.5) is 13.2 Å². The fourth-order valence-corrected chi connectivity index (χ4v) is 4.81. The number of nitrogens with one attached hydrogen (secondary N) is 2. The summed E-state index contributed by atoms with van der Waals surface area (Å²) < 4.78 is 61.6. The van der Waals surface area contributed by atoms with Gasteiger partial charge in [-0.1, -0.05) is 6.92 Å². The third kappa shape index (κ3) is 6.99. The van der Waals surface area contributed by atoms with Crippen molar-refractivity contribution < 1.29 is 21.6 Å². The van der Waals surface area contributed by atoms with Gasteiger partial charge in [0.1, 0.15) is 0 Å². The van der Waals surface area contributed by atoms with Gasteiger partial charge >= 0.3 is 15.5 Å². The van der Waals surface area contributed by atoms with E-state index in [1.807, 2.05) is 6.92 Å². The molecular weight excluding hydrogens is 407 g/mol. The molecule has 29 heavy (non-hydrogen) atoms. The third-order valence-electron chi connectivity index (χ3n) is 5.53. The molecule has 0 spiro atoms. The highest BCUT2D eigenvalue weighted by Gasteiger charge is 2.50. The number of likely N-dealkylation sites (tertiary alicyclic amines) is 1. The van der Waals surface area contributed by atoms with Crippen molar-refractivity contribution >= 4 is 16.0 Å². The van der Waals surface area contributed by atoms with Crippen LogP contribution in [-0.4, -0.2) is 80.9 Å². The molecule has 7 nitrogen and oxygen atoms in total. The molecule has 0 amide bonds. The quantitative estimate of drug-likeness (QED) is 0.467. The van der Waals surface area contributed by atoms with Crippen molar-refractivity contribution in [3.05, 3.63) is 0 Å². The highest BCUT2D eigenvalue weighted by atomic mass is 32.2. The van der Waals surface area contributed by atoms with Gasteiger partial charge in [-0.2, -0.15) is 17.5 Å². The molecule has 2 aliphatic heterocycles. The summed E-state index contributed by atoms with van der Waals surface area (Å²) in [5.74, 6) is 1.19. The zero-order valence-electron chi connectivity index (χ0n) is 17.3. The van der Waals surface area contributed by atoms with E-state index >= 15 is 0 Å². The van der Waals surface area contributed by atoms with Crippen LogP contribution in [-0.2, 0) is 10.0 Å². The molecule has 0 aromatic heterocycles. The van der Waals surface area contributed by atoms with Crippen LogP contribution in [0, 0.1) is 5.92 Å². The molecule has 11 heteroatoms. The lowest BCUT2D eigenvalue weighted by Crippen LogP contribution is -2.51. The molecule has 0 unspecified atom stereocenters. The summed E-state index contributed by atoms with van der Waals surface area (Å²) in [7, 11) is -5.24. The van der Waals surface area contributed by atoms with Gasteiger partial charge in [-0.05, 0) is 64.6 Å². The van der Waals surface area contributed by atoms with E-state index in [2.05, 4.69) is 27.4 Å². The van der Waals surface area contributed by atoms with E-state index in [0.29, 0.717) is 35.6 Å². The van der Waals surface area contributed by atoms with Crippen LogP contribution in [0.1, 0.15) is 46.0 Å². The van der Waals surface area contributed by atoms with E-state index in [-0.39, 0.29) is 19.1 Å². The third-order valence-corrected chi connectivity index (χ3v) is 7.16. The molecule has 0 aromatic rings. The molecule has 0 radical (unpaired) electrons. The zero-order valence-corrected chi connectivity index (χ0v) is 18.2. The molecule has 0 aliphatic carbocycles. The second-order valence-corrected chi connectivity index (χ2v) is 9.70. The molecule has 0 atom stereocenters. The summed E-state index contributed by atoms with van der Waals surface area (Å²) in [6.45, 7) is 8.60. The molecule has 2 rings (SSSR count). The lowest BCUT2D eigenvalue weighted by molar-refractivity contribution is -0.0494. The Morgan fingerprint density at radius 1 is 1.07 bits per heavy atom. The van der Waals surface area contributed by atoms with Crippen LogP contribution >= 0.6 is 0 Å². The summed E-state index contributed by atoms with van der Waals surface area (Å²) in [4.78, 5) is 7.15. The molecule has 170 valence electrons. The van der Waals surface area contributed by atoms with Crippen LogP contribution in [0.2, 0.25) is 0 Å². The number of sulfonamides is 1. The minimum atomic E-state index is -5.24. The van der Waals surface area contributed by atoms with E-state index in [1.165, 1.54) is 6.42 Å². The molecule has 2 N–H and O–H groups in total. The lowest BCUT2D eigenvalue weighted by atomic mass is 9.97. The smallest absolute Gasteiger partial charge is 0.357 e. The lowest BCUT2D eigenvalue weighted by Gasteiger charge is -2.33. The number of piperidine rings is 2. The van der Waals surface area contributed by atoms with Gasteiger partial charge < -0.3 is 15.5 Å². The monoisotopic (exact) mass is 441 g/mol. The van der Waals surface area contributed by atoms with Crippen LogP contribution in [0.3, 0.4) is 0 Å². The van der Waals surface area contributed by atoms with E-state index in [0.717, 1.165) is 39.0 Å².